The first-order chi connectivity index (χ1) is 13.6. The van der Waals surface area contributed by atoms with E-state index in [-0.39, 0.29) is 28.1 Å². The van der Waals surface area contributed by atoms with Gasteiger partial charge in [-0.15, -0.1) is 0 Å². The predicted molar refractivity (Wildman–Crippen MR) is 106 cm³/mol. The second kappa shape index (κ2) is 8.45. The molecule has 0 unspecified atom stereocenters. The van der Waals surface area contributed by atoms with E-state index in [1.165, 1.54) is 28.6 Å². The first-order valence-electron chi connectivity index (χ1n) is 8.82. The lowest BCUT2D eigenvalue weighted by Crippen LogP contribution is -2.41. The van der Waals surface area contributed by atoms with E-state index in [9.17, 15) is 26.4 Å². The zero-order valence-electron chi connectivity index (χ0n) is 15.1. The number of hydrogen-bond acceptors (Lipinski definition) is 3. The normalized spacial score (nSPS) is 16.6. The number of alkyl halides is 3. The van der Waals surface area contributed by atoms with Crippen LogP contribution in [0, 0.1) is 5.92 Å². The monoisotopic (exact) mass is 490 g/mol. The van der Waals surface area contributed by atoms with Crippen molar-refractivity contribution in [3.63, 3.8) is 0 Å². The molecule has 1 heterocycles. The summed E-state index contributed by atoms with van der Waals surface area (Å²) in [7, 11) is -3.63. The number of nitrogens with one attached hydrogen (secondary N) is 1. The number of sulfonamides is 1. The number of nitrogens with zero attached hydrogens (tertiary/aromatic N) is 1. The van der Waals surface area contributed by atoms with Gasteiger partial charge in [0.1, 0.15) is 0 Å². The molecule has 0 radical (unpaired) electrons. The lowest BCUT2D eigenvalue weighted by atomic mass is 9.97. The van der Waals surface area contributed by atoms with Crippen LogP contribution in [0.2, 0.25) is 0 Å². The van der Waals surface area contributed by atoms with Gasteiger partial charge in [0.2, 0.25) is 15.9 Å². The molecule has 10 heteroatoms. The quantitative estimate of drug-likeness (QED) is 0.685. The summed E-state index contributed by atoms with van der Waals surface area (Å²) >= 11 is 2.86. The van der Waals surface area contributed by atoms with Crippen LogP contribution >= 0.6 is 15.9 Å². The van der Waals surface area contributed by atoms with E-state index in [2.05, 4.69) is 21.2 Å². The highest BCUT2D eigenvalue weighted by Crippen LogP contribution is 2.36. The standard InChI is InChI=1S/C19H18BrF3N2O3S/c20-17-7-6-14(12-16(17)19(21,22)23)24-18(26)13-8-10-25(11-9-13)29(27,28)15-4-2-1-3-5-15/h1-7,12-13H,8-11H2,(H,24,26). The molecule has 0 aliphatic carbocycles. The van der Waals surface area contributed by atoms with Crippen LogP contribution in [0.3, 0.4) is 0 Å². The summed E-state index contributed by atoms with van der Waals surface area (Å²) in [5, 5.41) is 2.51. The van der Waals surface area contributed by atoms with Crippen molar-refractivity contribution in [2.75, 3.05) is 18.4 Å². The Hall–Kier alpha value is -1.91. The first kappa shape index (κ1) is 21.8. The number of rotatable bonds is 4. The fourth-order valence-electron chi connectivity index (χ4n) is 3.16. The van der Waals surface area contributed by atoms with Crippen LogP contribution in [0.1, 0.15) is 18.4 Å². The maximum Gasteiger partial charge on any atom is 0.417 e. The van der Waals surface area contributed by atoms with Gasteiger partial charge < -0.3 is 5.32 Å². The molecule has 0 bridgehead atoms. The Morgan fingerprint density at radius 2 is 1.69 bits per heavy atom. The van der Waals surface area contributed by atoms with E-state index in [4.69, 9.17) is 0 Å². The van der Waals surface area contributed by atoms with Crippen molar-refractivity contribution in [3.05, 3.63) is 58.6 Å². The molecule has 0 spiro atoms. The van der Waals surface area contributed by atoms with Gasteiger partial charge in [0.15, 0.2) is 0 Å². The Balaban J connectivity index is 1.64. The van der Waals surface area contributed by atoms with Crippen LogP contribution in [0.5, 0.6) is 0 Å². The van der Waals surface area contributed by atoms with E-state index in [1.54, 1.807) is 18.2 Å². The maximum atomic E-state index is 13.0. The van der Waals surface area contributed by atoms with E-state index in [0.717, 1.165) is 6.07 Å². The van der Waals surface area contributed by atoms with Crippen LogP contribution in [0.4, 0.5) is 18.9 Å². The summed E-state index contributed by atoms with van der Waals surface area (Å²) in [6.45, 7) is 0.340. The van der Waals surface area contributed by atoms with Gasteiger partial charge in [-0.25, -0.2) is 8.42 Å². The van der Waals surface area contributed by atoms with Gasteiger partial charge in [-0.2, -0.15) is 17.5 Å². The first-order valence-corrected chi connectivity index (χ1v) is 11.0. The third kappa shape index (κ3) is 4.99. The zero-order valence-corrected chi connectivity index (χ0v) is 17.5. The number of anilines is 1. The average Bonchev–Trinajstić information content (AvgIpc) is 2.69. The van der Waals surface area contributed by atoms with Gasteiger partial charge in [0.05, 0.1) is 10.5 Å². The molecule has 5 nitrogen and oxygen atoms in total. The SMILES string of the molecule is O=C(Nc1ccc(Br)c(C(F)(F)F)c1)C1CCN(S(=O)(=O)c2ccccc2)CC1. The van der Waals surface area contributed by atoms with Crippen molar-refractivity contribution < 1.29 is 26.4 Å². The highest BCUT2D eigenvalue weighted by molar-refractivity contribution is 9.10. The predicted octanol–water partition coefficient (Wildman–Crippen LogP) is 4.51. The van der Waals surface area contributed by atoms with Crippen molar-refractivity contribution in [3.8, 4) is 0 Å². The lowest BCUT2D eigenvalue weighted by Gasteiger charge is -2.30. The Kier molecular flexibility index (Phi) is 6.35. The molecule has 0 saturated carbocycles. The topological polar surface area (TPSA) is 66.5 Å². The average molecular weight is 491 g/mol. The molecule has 29 heavy (non-hydrogen) atoms. The molecular formula is C19H18BrF3N2O3S. The molecule has 1 aliphatic heterocycles. The summed E-state index contributed by atoms with van der Waals surface area (Å²) in [6.07, 6.45) is -3.96. The third-order valence-electron chi connectivity index (χ3n) is 4.74. The second-order valence-corrected chi connectivity index (χ2v) is 9.47. The van der Waals surface area contributed by atoms with E-state index < -0.39 is 33.6 Å². The molecule has 2 aromatic rings. The number of carbonyl (C=O) groups is 1. The van der Waals surface area contributed by atoms with Crippen molar-refractivity contribution in [2.24, 2.45) is 5.92 Å². The zero-order chi connectivity index (χ0) is 21.2. The van der Waals surface area contributed by atoms with Gasteiger partial charge in [-0.05, 0) is 43.2 Å². The fraction of sp³-hybridized carbons (Fsp3) is 0.316. The molecule has 1 amide bonds. The van der Waals surface area contributed by atoms with Gasteiger partial charge >= 0.3 is 6.18 Å². The van der Waals surface area contributed by atoms with Gasteiger partial charge in [0, 0.05) is 29.2 Å². The van der Waals surface area contributed by atoms with Gasteiger partial charge in [-0.3, -0.25) is 4.79 Å². The largest absolute Gasteiger partial charge is 0.417 e. The van der Waals surface area contributed by atoms with Gasteiger partial charge in [0.25, 0.3) is 0 Å². The minimum atomic E-state index is -4.54. The summed E-state index contributed by atoms with van der Waals surface area (Å²) in [4.78, 5) is 12.7. The van der Waals surface area contributed by atoms with Crippen LogP contribution < -0.4 is 5.32 Å². The van der Waals surface area contributed by atoms with Crippen LogP contribution in [0.15, 0.2) is 57.9 Å². The molecule has 1 fully saturated rings. The Morgan fingerprint density at radius 3 is 2.28 bits per heavy atom. The number of benzene rings is 2. The Morgan fingerprint density at radius 1 is 1.07 bits per heavy atom. The third-order valence-corrected chi connectivity index (χ3v) is 7.35. The smallest absolute Gasteiger partial charge is 0.326 e. The van der Waals surface area contributed by atoms with Crippen LogP contribution in [-0.4, -0.2) is 31.7 Å². The number of amides is 1. The van der Waals surface area contributed by atoms with Gasteiger partial charge in [-0.1, -0.05) is 34.1 Å². The van der Waals surface area contributed by atoms with E-state index >= 15 is 0 Å². The molecular weight excluding hydrogens is 473 g/mol. The molecule has 0 aromatic heterocycles. The minimum Gasteiger partial charge on any atom is -0.326 e. The minimum absolute atomic E-state index is 0.0462. The lowest BCUT2D eigenvalue weighted by molar-refractivity contribution is -0.138. The summed E-state index contributed by atoms with van der Waals surface area (Å²) < 4.78 is 65.5. The van der Waals surface area contributed by atoms with Crippen molar-refractivity contribution in [2.45, 2.75) is 23.9 Å². The highest BCUT2D eigenvalue weighted by Gasteiger charge is 2.34. The van der Waals surface area contributed by atoms with Crippen molar-refractivity contribution >= 4 is 37.5 Å². The fourth-order valence-corrected chi connectivity index (χ4v) is 5.13. The number of hydrogen-bond donors (Lipinski definition) is 1. The summed E-state index contributed by atoms with van der Waals surface area (Å²) in [5.74, 6) is -0.896. The van der Waals surface area contributed by atoms with Crippen LogP contribution in [0.25, 0.3) is 0 Å². The van der Waals surface area contributed by atoms with E-state index in [1.807, 2.05) is 0 Å². The van der Waals surface area contributed by atoms with Crippen molar-refractivity contribution in [1.82, 2.24) is 4.31 Å². The molecule has 1 saturated heterocycles. The van der Waals surface area contributed by atoms with Crippen molar-refractivity contribution in [1.29, 1.82) is 0 Å². The number of carbonyl (C=O) groups excluding carboxylic acids is 1. The second-order valence-electron chi connectivity index (χ2n) is 6.67. The maximum absolute atomic E-state index is 13.0. The molecule has 2 aromatic carbocycles. The molecule has 3 rings (SSSR count). The molecule has 1 aliphatic rings. The van der Waals surface area contributed by atoms with Crippen LogP contribution in [-0.2, 0) is 21.0 Å². The Labute approximate surface area is 175 Å². The summed E-state index contributed by atoms with van der Waals surface area (Å²) in [5.41, 5.74) is -0.830. The Bertz CT molecular complexity index is 990. The van der Waals surface area contributed by atoms with E-state index in [0.29, 0.717) is 12.8 Å². The number of halogens is 4. The summed E-state index contributed by atoms with van der Waals surface area (Å²) in [6, 6.07) is 11.5. The molecule has 0 atom stereocenters. The molecule has 1 N–H and O–H groups in total. The molecule has 156 valence electrons. The highest BCUT2D eigenvalue weighted by atomic mass is 79.9. The number of piperidine rings is 1.